The van der Waals surface area contributed by atoms with E-state index in [9.17, 15) is 18.0 Å². The van der Waals surface area contributed by atoms with Gasteiger partial charge in [0.15, 0.2) is 0 Å². The molecule has 17 heavy (non-hydrogen) atoms. The number of alkyl halides is 3. The molecule has 1 aromatic carbocycles. The quantitative estimate of drug-likeness (QED) is 0.875. The van der Waals surface area contributed by atoms with E-state index in [1.807, 2.05) is 0 Å². The zero-order valence-electron chi connectivity index (χ0n) is 8.44. The van der Waals surface area contributed by atoms with E-state index < -0.39 is 24.9 Å². The van der Waals surface area contributed by atoms with Gasteiger partial charge < -0.3 is 5.32 Å². The van der Waals surface area contributed by atoms with Crippen molar-refractivity contribution < 1.29 is 18.0 Å². The van der Waals surface area contributed by atoms with Crippen LogP contribution in [0.1, 0.15) is 12.8 Å². The maximum atomic E-state index is 11.9. The van der Waals surface area contributed by atoms with Crippen molar-refractivity contribution in [3.05, 3.63) is 27.7 Å². The van der Waals surface area contributed by atoms with Gasteiger partial charge in [0.1, 0.15) is 0 Å². The van der Waals surface area contributed by atoms with Crippen LogP contribution >= 0.6 is 27.5 Å². The van der Waals surface area contributed by atoms with Gasteiger partial charge in [-0.2, -0.15) is 13.2 Å². The molecular formula is C10H8BrClF3NO. The molecule has 0 aliphatic carbocycles. The fourth-order valence-electron chi connectivity index (χ4n) is 1.06. The average molecular weight is 331 g/mol. The number of anilines is 1. The van der Waals surface area contributed by atoms with Gasteiger partial charge in [-0.15, -0.1) is 0 Å². The predicted octanol–water partition coefficient (Wildman–Crippen LogP) is 4.38. The number of benzene rings is 1. The van der Waals surface area contributed by atoms with Gasteiger partial charge in [-0.3, -0.25) is 4.79 Å². The summed E-state index contributed by atoms with van der Waals surface area (Å²) in [5.41, 5.74) is 0.352. The number of carbonyl (C=O) groups is 1. The Balaban J connectivity index is 2.59. The minimum absolute atomic E-state index is 0.352. The van der Waals surface area contributed by atoms with E-state index in [0.717, 1.165) is 0 Å². The first-order valence-corrected chi connectivity index (χ1v) is 5.77. The van der Waals surface area contributed by atoms with Crippen molar-refractivity contribution in [2.75, 3.05) is 5.32 Å². The Morgan fingerprint density at radius 3 is 2.65 bits per heavy atom. The summed E-state index contributed by atoms with van der Waals surface area (Å²) in [5, 5.41) is 2.74. The molecule has 0 aliphatic heterocycles. The van der Waals surface area contributed by atoms with Gasteiger partial charge in [-0.1, -0.05) is 11.6 Å². The van der Waals surface area contributed by atoms with Crippen LogP contribution in [0, 0.1) is 0 Å². The van der Waals surface area contributed by atoms with E-state index in [0.29, 0.717) is 15.2 Å². The van der Waals surface area contributed by atoms with Crippen molar-refractivity contribution in [3.8, 4) is 0 Å². The molecule has 7 heteroatoms. The van der Waals surface area contributed by atoms with Crippen LogP contribution in [0.15, 0.2) is 22.7 Å². The summed E-state index contributed by atoms with van der Waals surface area (Å²) in [6.45, 7) is 0. The molecule has 0 atom stereocenters. The molecule has 2 nitrogen and oxygen atoms in total. The van der Waals surface area contributed by atoms with E-state index in [-0.39, 0.29) is 0 Å². The summed E-state index contributed by atoms with van der Waals surface area (Å²) in [6, 6.07) is 4.65. The highest BCUT2D eigenvalue weighted by Gasteiger charge is 2.27. The molecule has 1 amide bonds. The number of hydrogen-bond acceptors (Lipinski definition) is 1. The molecular weight excluding hydrogens is 322 g/mol. The molecule has 0 aliphatic rings. The first-order valence-electron chi connectivity index (χ1n) is 4.59. The lowest BCUT2D eigenvalue weighted by Crippen LogP contribution is -2.16. The molecule has 0 radical (unpaired) electrons. The Labute approximate surface area is 109 Å². The third-order valence-corrected chi connectivity index (χ3v) is 2.76. The topological polar surface area (TPSA) is 29.1 Å². The van der Waals surface area contributed by atoms with Crippen LogP contribution < -0.4 is 5.32 Å². The van der Waals surface area contributed by atoms with E-state index in [4.69, 9.17) is 11.6 Å². The Kier molecular flexibility index (Phi) is 4.82. The van der Waals surface area contributed by atoms with Gasteiger partial charge >= 0.3 is 6.18 Å². The molecule has 0 spiro atoms. The standard InChI is InChI=1S/C10H8BrClF3NO/c11-7-2-1-6(12)5-8(7)16-9(17)3-4-10(13,14)15/h1-2,5H,3-4H2,(H,16,17). The fourth-order valence-corrected chi connectivity index (χ4v) is 1.58. The number of carbonyl (C=O) groups excluding carboxylic acids is 1. The Morgan fingerprint density at radius 2 is 2.06 bits per heavy atom. The van der Waals surface area contributed by atoms with Crippen molar-refractivity contribution in [3.63, 3.8) is 0 Å². The van der Waals surface area contributed by atoms with Crippen LogP contribution in [-0.2, 0) is 4.79 Å². The summed E-state index contributed by atoms with van der Waals surface area (Å²) in [6.07, 6.45) is -6.08. The van der Waals surface area contributed by atoms with Gasteiger partial charge in [0.05, 0.1) is 12.1 Å². The van der Waals surface area contributed by atoms with Crippen LogP contribution in [-0.4, -0.2) is 12.1 Å². The van der Waals surface area contributed by atoms with E-state index in [1.54, 1.807) is 12.1 Å². The zero-order chi connectivity index (χ0) is 13.1. The molecule has 0 unspecified atom stereocenters. The Morgan fingerprint density at radius 1 is 1.41 bits per heavy atom. The minimum atomic E-state index is -4.33. The number of amides is 1. The van der Waals surface area contributed by atoms with Crippen LogP contribution in [0.4, 0.5) is 18.9 Å². The van der Waals surface area contributed by atoms with Crippen LogP contribution in [0.5, 0.6) is 0 Å². The largest absolute Gasteiger partial charge is 0.389 e. The van der Waals surface area contributed by atoms with Crippen molar-refractivity contribution in [1.29, 1.82) is 0 Å². The van der Waals surface area contributed by atoms with Crippen LogP contribution in [0.3, 0.4) is 0 Å². The van der Waals surface area contributed by atoms with Gasteiger partial charge in [0.2, 0.25) is 5.91 Å². The first-order chi connectivity index (χ1) is 7.78. The second-order valence-corrected chi connectivity index (χ2v) is 4.58. The van der Waals surface area contributed by atoms with Crippen molar-refractivity contribution in [1.82, 2.24) is 0 Å². The molecule has 0 saturated carbocycles. The highest BCUT2D eigenvalue weighted by Crippen LogP contribution is 2.27. The summed E-state index contributed by atoms with van der Waals surface area (Å²) >= 11 is 8.85. The van der Waals surface area contributed by atoms with E-state index >= 15 is 0 Å². The number of hydrogen-bond donors (Lipinski definition) is 1. The smallest absolute Gasteiger partial charge is 0.325 e. The van der Waals surface area contributed by atoms with Crippen molar-refractivity contribution in [2.24, 2.45) is 0 Å². The van der Waals surface area contributed by atoms with Crippen LogP contribution in [0.25, 0.3) is 0 Å². The normalized spacial score (nSPS) is 11.4. The second kappa shape index (κ2) is 5.73. The summed E-state index contributed by atoms with van der Waals surface area (Å²) in [5.74, 6) is -0.703. The molecule has 1 rings (SSSR count). The molecule has 0 bridgehead atoms. The molecule has 0 saturated heterocycles. The lowest BCUT2D eigenvalue weighted by molar-refractivity contribution is -0.142. The van der Waals surface area contributed by atoms with Gasteiger partial charge in [0, 0.05) is 15.9 Å². The molecule has 0 heterocycles. The predicted molar refractivity (Wildman–Crippen MR) is 63.1 cm³/mol. The van der Waals surface area contributed by atoms with Crippen molar-refractivity contribution >= 4 is 39.1 Å². The Hall–Kier alpha value is -0.750. The first kappa shape index (κ1) is 14.3. The maximum absolute atomic E-state index is 11.9. The van der Waals surface area contributed by atoms with Gasteiger partial charge in [-0.05, 0) is 34.1 Å². The monoisotopic (exact) mass is 329 g/mol. The molecule has 0 aromatic heterocycles. The minimum Gasteiger partial charge on any atom is -0.325 e. The third kappa shape index (κ3) is 5.41. The van der Waals surface area contributed by atoms with Crippen LogP contribution in [0.2, 0.25) is 5.02 Å². The molecule has 1 N–H and O–H groups in total. The lowest BCUT2D eigenvalue weighted by Gasteiger charge is -2.09. The van der Waals surface area contributed by atoms with Gasteiger partial charge in [0.25, 0.3) is 0 Å². The average Bonchev–Trinajstić information content (AvgIpc) is 2.20. The summed E-state index contributed by atoms with van der Waals surface area (Å²) in [7, 11) is 0. The van der Waals surface area contributed by atoms with E-state index in [2.05, 4.69) is 21.2 Å². The Bertz CT molecular complexity index is 423. The maximum Gasteiger partial charge on any atom is 0.389 e. The molecule has 94 valence electrons. The molecule has 0 fully saturated rings. The fraction of sp³-hybridized carbons (Fsp3) is 0.300. The highest BCUT2D eigenvalue weighted by molar-refractivity contribution is 9.10. The number of rotatable bonds is 3. The molecule has 1 aromatic rings. The number of nitrogens with one attached hydrogen (secondary N) is 1. The van der Waals surface area contributed by atoms with Gasteiger partial charge in [-0.25, -0.2) is 0 Å². The lowest BCUT2D eigenvalue weighted by atomic mass is 10.2. The van der Waals surface area contributed by atoms with E-state index in [1.165, 1.54) is 6.07 Å². The third-order valence-electron chi connectivity index (χ3n) is 1.84. The summed E-state index contributed by atoms with van der Waals surface area (Å²) in [4.78, 5) is 11.2. The summed E-state index contributed by atoms with van der Waals surface area (Å²) < 4.78 is 36.2. The second-order valence-electron chi connectivity index (χ2n) is 3.29. The SMILES string of the molecule is O=C(CCC(F)(F)F)Nc1cc(Cl)ccc1Br. The number of halogens is 5. The van der Waals surface area contributed by atoms with Crippen molar-refractivity contribution in [2.45, 2.75) is 19.0 Å². The zero-order valence-corrected chi connectivity index (χ0v) is 10.8. The highest BCUT2D eigenvalue weighted by atomic mass is 79.9.